The molecular weight excluding hydrogens is 380 g/mol. The van der Waals surface area contributed by atoms with Gasteiger partial charge in [0, 0.05) is 21.2 Å². The van der Waals surface area contributed by atoms with Crippen LogP contribution in [0.3, 0.4) is 0 Å². The molecule has 6 heteroatoms. The number of nitrogens with one attached hydrogen (secondary N) is 1. The summed E-state index contributed by atoms with van der Waals surface area (Å²) in [5.41, 5.74) is 4.82. The molecule has 1 N–H and O–H groups in total. The Kier molecular flexibility index (Phi) is 5.76. The Balaban J connectivity index is 2.20. The van der Waals surface area contributed by atoms with Crippen molar-refractivity contribution in [1.29, 1.82) is 0 Å². The fraction of sp³-hybridized carbons (Fsp3) is 0.583. The van der Waals surface area contributed by atoms with Gasteiger partial charge >= 0.3 is 6.09 Å². The van der Waals surface area contributed by atoms with Gasteiger partial charge in [0.15, 0.2) is 0 Å². The summed E-state index contributed by atoms with van der Waals surface area (Å²) in [5, 5.41) is 3.20. The summed E-state index contributed by atoms with van der Waals surface area (Å²) in [5.74, 6) is 0.283. The lowest BCUT2D eigenvalue weighted by Crippen LogP contribution is -2.51. The lowest BCUT2D eigenvalue weighted by Gasteiger charge is -2.42. The Bertz CT molecular complexity index is 922. The molecule has 30 heavy (non-hydrogen) atoms. The molecule has 1 aliphatic carbocycles. The van der Waals surface area contributed by atoms with Crippen LogP contribution in [0.2, 0.25) is 0 Å². The van der Waals surface area contributed by atoms with Crippen LogP contribution in [-0.4, -0.2) is 49.2 Å². The quantitative estimate of drug-likeness (QED) is 0.806. The minimum Gasteiger partial charge on any atom is -0.411 e. The van der Waals surface area contributed by atoms with Gasteiger partial charge < -0.3 is 19.7 Å². The number of amides is 2. The van der Waals surface area contributed by atoms with Crippen molar-refractivity contribution in [2.45, 2.75) is 71.4 Å². The molecule has 1 fully saturated rings. The molecule has 0 aromatic heterocycles. The molecule has 2 amide bonds. The van der Waals surface area contributed by atoms with E-state index in [2.05, 4.69) is 32.2 Å². The smallest absolute Gasteiger partial charge is 0.411 e. The van der Waals surface area contributed by atoms with E-state index in [9.17, 15) is 9.59 Å². The first-order valence-corrected chi connectivity index (χ1v) is 10.5. The van der Waals surface area contributed by atoms with Gasteiger partial charge in [0.2, 0.25) is 0 Å². The lowest BCUT2D eigenvalue weighted by atomic mass is 9.73. The number of methoxy groups -OCH3 is 1. The second kappa shape index (κ2) is 7.73. The fourth-order valence-electron chi connectivity index (χ4n) is 4.66. The normalized spacial score (nSPS) is 26.2. The van der Waals surface area contributed by atoms with Gasteiger partial charge in [-0.25, -0.2) is 4.79 Å². The maximum atomic E-state index is 13.3. The molecule has 0 saturated heterocycles. The van der Waals surface area contributed by atoms with Crippen LogP contribution in [0, 0.1) is 27.7 Å². The minimum absolute atomic E-state index is 0.174. The Hall–Kier alpha value is -2.34. The standard InChI is InChI=1S/C24H34N2O4/c1-14-13-15(2)18(17(4)16(14)3)19-20(30-22(28)26(6)7)24(25-21(19)27)11-9-23(5,29-8)10-12-24/h13H,9-12H2,1-8H3,(H,25,27). The van der Waals surface area contributed by atoms with Crippen LogP contribution in [0.1, 0.15) is 60.4 Å². The number of rotatable bonds is 3. The number of benzene rings is 1. The number of aryl methyl sites for hydroxylation is 2. The molecule has 1 spiro atoms. The fourth-order valence-corrected chi connectivity index (χ4v) is 4.66. The Labute approximate surface area is 179 Å². The summed E-state index contributed by atoms with van der Waals surface area (Å²) >= 11 is 0. The largest absolute Gasteiger partial charge is 0.414 e. The number of carbonyl (C=O) groups excluding carboxylic acids is 2. The average Bonchev–Trinajstić information content (AvgIpc) is 2.94. The summed E-state index contributed by atoms with van der Waals surface area (Å²) < 4.78 is 11.6. The van der Waals surface area contributed by atoms with Crippen molar-refractivity contribution in [3.8, 4) is 0 Å². The molecule has 1 aliphatic heterocycles. The minimum atomic E-state index is -0.687. The number of hydrogen-bond acceptors (Lipinski definition) is 4. The van der Waals surface area contributed by atoms with Crippen LogP contribution >= 0.6 is 0 Å². The Morgan fingerprint density at radius 3 is 2.17 bits per heavy atom. The number of nitrogens with zero attached hydrogens (tertiary/aromatic N) is 1. The zero-order valence-electron chi connectivity index (χ0n) is 19.5. The van der Waals surface area contributed by atoms with E-state index in [0.717, 1.165) is 35.1 Å². The van der Waals surface area contributed by atoms with Gasteiger partial charge in [-0.05, 0) is 88.1 Å². The number of carbonyl (C=O) groups is 2. The summed E-state index contributed by atoms with van der Waals surface area (Å²) in [4.78, 5) is 27.3. The highest BCUT2D eigenvalue weighted by Gasteiger charge is 2.52. The van der Waals surface area contributed by atoms with Crippen molar-refractivity contribution in [3.05, 3.63) is 39.6 Å². The van der Waals surface area contributed by atoms with E-state index < -0.39 is 11.6 Å². The van der Waals surface area contributed by atoms with Gasteiger partial charge in [0.25, 0.3) is 5.91 Å². The first-order chi connectivity index (χ1) is 13.9. The average molecular weight is 415 g/mol. The van der Waals surface area contributed by atoms with E-state index in [1.807, 2.05) is 13.8 Å². The third kappa shape index (κ3) is 3.62. The molecule has 1 aromatic carbocycles. The summed E-state index contributed by atoms with van der Waals surface area (Å²) in [6.45, 7) is 10.3. The van der Waals surface area contributed by atoms with E-state index in [4.69, 9.17) is 9.47 Å². The maximum Gasteiger partial charge on any atom is 0.414 e. The van der Waals surface area contributed by atoms with Crippen LogP contribution in [0.5, 0.6) is 0 Å². The summed E-state index contributed by atoms with van der Waals surface area (Å²) in [7, 11) is 5.02. The molecule has 2 aliphatic rings. The molecular formula is C24H34N2O4. The van der Waals surface area contributed by atoms with Crippen LogP contribution in [0.25, 0.3) is 5.57 Å². The van der Waals surface area contributed by atoms with Gasteiger partial charge in [-0.1, -0.05) is 6.07 Å². The van der Waals surface area contributed by atoms with E-state index in [-0.39, 0.29) is 11.5 Å². The van der Waals surface area contributed by atoms with Crippen molar-refractivity contribution < 1.29 is 19.1 Å². The van der Waals surface area contributed by atoms with Crippen molar-refractivity contribution >= 4 is 17.6 Å². The monoisotopic (exact) mass is 414 g/mol. The van der Waals surface area contributed by atoms with Crippen LogP contribution in [0.15, 0.2) is 11.8 Å². The lowest BCUT2D eigenvalue weighted by molar-refractivity contribution is -0.117. The van der Waals surface area contributed by atoms with Crippen molar-refractivity contribution in [1.82, 2.24) is 10.2 Å². The molecule has 0 unspecified atom stereocenters. The van der Waals surface area contributed by atoms with E-state index in [1.54, 1.807) is 21.2 Å². The van der Waals surface area contributed by atoms with Crippen LogP contribution in [0.4, 0.5) is 4.79 Å². The second-order valence-corrected chi connectivity index (χ2v) is 9.29. The van der Waals surface area contributed by atoms with Gasteiger partial charge in [0.1, 0.15) is 5.76 Å². The predicted molar refractivity (Wildman–Crippen MR) is 117 cm³/mol. The van der Waals surface area contributed by atoms with Crippen LogP contribution < -0.4 is 5.32 Å². The first-order valence-electron chi connectivity index (χ1n) is 10.5. The predicted octanol–water partition coefficient (Wildman–Crippen LogP) is 4.18. The summed E-state index contributed by atoms with van der Waals surface area (Å²) in [6.07, 6.45) is 2.38. The molecule has 1 heterocycles. The zero-order chi connectivity index (χ0) is 22.4. The van der Waals surface area contributed by atoms with E-state index in [1.165, 1.54) is 10.5 Å². The third-order valence-electron chi connectivity index (χ3n) is 7.06. The third-order valence-corrected chi connectivity index (χ3v) is 7.06. The van der Waals surface area contributed by atoms with Gasteiger partial charge in [-0.15, -0.1) is 0 Å². The van der Waals surface area contributed by atoms with Crippen LogP contribution in [-0.2, 0) is 14.3 Å². The molecule has 0 bridgehead atoms. The highest BCUT2D eigenvalue weighted by molar-refractivity contribution is 6.24. The van der Waals surface area contributed by atoms with E-state index in [0.29, 0.717) is 24.2 Å². The molecule has 0 radical (unpaired) electrons. The molecule has 1 aromatic rings. The van der Waals surface area contributed by atoms with Crippen molar-refractivity contribution in [3.63, 3.8) is 0 Å². The topological polar surface area (TPSA) is 67.9 Å². The molecule has 6 nitrogen and oxygen atoms in total. The first kappa shape index (κ1) is 22.3. The SMILES string of the molecule is COC1(C)CCC2(CC1)NC(=O)C(c1c(C)cc(C)c(C)c1C)=C2OC(=O)N(C)C. The highest BCUT2D eigenvalue weighted by atomic mass is 16.6. The molecule has 164 valence electrons. The van der Waals surface area contributed by atoms with E-state index >= 15 is 0 Å². The Morgan fingerprint density at radius 2 is 1.63 bits per heavy atom. The Morgan fingerprint density at radius 1 is 1.03 bits per heavy atom. The molecule has 3 rings (SSSR count). The van der Waals surface area contributed by atoms with Gasteiger partial charge in [0.05, 0.1) is 16.7 Å². The summed E-state index contributed by atoms with van der Waals surface area (Å²) in [6, 6.07) is 2.09. The zero-order valence-corrected chi connectivity index (χ0v) is 19.5. The van der Waals surface area contributed by atoms with Crippen molar-refractivity contribution in [2.75, 3.05) is 21.2 Å². The number of hydrogen-bond donors (Lipinski definition) is 1. The van der Waals surface area contributed by atoms with Gasteiger partial charge in [-0.2, -0.15) is 0 Å². The second-order valence-electron chi connectivity index (χ2n) is 9.29. The van der Waals surface area contributed by atoms with Gasteiger partial charge in [-0.3, -0.25) is 4.79 Å². The maximum absolute atomic E-state index is 13.3. The molecule has 1 saturated carbocycles. The highest BCUT2D eigenvalue weighted by Crippen LogP contribution is 2.47. The molecule has 0 atom stereocenters. The van der Waals surface area contributed by atoms with Crippen molar-refractivity contribution in [2.24, 2.45) is 0 Å². The number of ether oxygens (including phenoxy) is 2.